The molecule has 0 fully saturated rings. The van der Waals surface area contributed by atoms with E-state index >= 15 is 0 Å². The second-order valence-electron chi connectivity index (χ2n) is 4.98. The smallest absolute Gasteiger partial charge is 0.244 e. The molecule has 3 nitrogen and oxygen atoms in total. The Bertz CT molecular complexity index is 731. The van der Waals surface area contributed by atoms with Crippen LogP contribution in [0.2, 0.25) is 5.02 Å². The average Bonchev–Trinajstić information content (AvgIpc) is 2.53. The quantitative estimate of drug-likeness (QED) is 0.825. The van der Waals surface area contributed by atoms with Gasteiger partial charge in [-0.15, -0.1) is 0 Å². The zero-order valence-electron chi connectivity index (χ0n) is 12.8. The summed E-state index contributed by atoms with van der Waals surface area (Å²) in [5, 5.41) is 3.41. The summed E-state index contributed by atoms with van der Waals surface area (Å²) < 4.78 is 18.4. The van der Waals surface area contributed by atoms with Crippen LogP contribution < -0.4 is 10.1 Å². The zero-order valence-corrected chi connectivity index (χ0v) is 13.6. The number of hydrogen-bond acceptors (Lipinski definition) is 2. The normalized spacial score (nSPS) is 12.2. The molecule has 2 aromatic carbocycles. The third-order valence-electron chi connectivity index (χ3n) is 3.33. The van der Waals surface area contributed by atoms with Crippen LogP contribution >= 0.6 is 11.6 Å². The molecule has 2 rings (SSSR count). The van der Waals surface area contributed by atoms with Crippen LogP contribution in [0.15, 0.2) is 48.5 Å². The standard InChI is InChI=1S/C18H17ClFNO2/c1-12(14-5-3-4-6-15(14)19)21-18(22)10-8-13-7-9-17(23-2)16(20)11-13/h3-12H,1-2H3,(H,21,22)/b10-8+. The summed E-state index contributed by atoms with van der Waals surface area (Å²) in [4.78, 5) is 12.0. The van der Waals surface area contributed by atoms with E-state index in [1.54, 1.807) is 12.1 Å². The summed E-state index contributed by atoms with van der Waals surface area (Å²) in [6, 6.07) is 11.6. The predicted octanol–water partition coefficient (Wildman–Crippen LogP) is 4.38. The number of hydrogen-bond donors (Lipinski definition) is 1. The van der Waals surface area contributed by atoms with E-state index in [-0.39, 0.29) is 17.7 Å². The topological polar surface area (TPSA) is 38.3 Å². The predicted molar refractivity (Wildman–Crippen MR) is 90.0 cm³/mol. The van der Waals surface area contributed by atoms with E-state index < -0.39 is 5.82 Å². The first-order valence-corrected chi connectivity index (χ1v) is 7.45. The molecule has 0 spiro atoms. The van der Waals surface area contributed by atoms with Crippen molar-refractivity contribution in [3.63, 3.8) is 0 Å². The van der Waals surface area contributed by atoms with Crippen LogP contribution in [0.3, 0.4) is 0 Å². The van der Waals surface area contributed by atoms with Crippen LogP contribution in [0.5, 0.6) is 5.75 Å². The second kappa shape index (κ2) is 7.79. The van der Waals surface area contributed by atoms with Crippen molar-refractivity contribution >= 4 is 23.6 Å². The Labute approximate surface area is 139 Å². The minimum Gasteiger partial charge on any atom is -0.494 e. The number of methoxy groups -OCH3 is 1. The number of nitrogens with one attached hydrogen (secondary N) is 1. The van der Waals surface area contributed by atoms with Gasteiger partial charge in [0.2, 0.25) is 5.91 Å². The number of carbonyl (C=O) groups is 1. The van der Waals surface area contributed by atoms with Crippen molar-refractivity contribution in [2.75, 3.05) is 7.11 Å². The molecule has 1 unspecified atom stereocenters. The molecule has 23 heavy (non-hydrogen) atoms. The van der Waals surface area contributed by atoms with E-state index in [4.69, 9.17) is 16.3 Å². The maximum absolute atomic E-state index is 13.6. The SMILES string of the molecule is COc1ccc(/C=C/C(=O)NC(C)c2ccccc2Cl)cc1F. The van der Waals surface area contributed by atoms with Crippen LogP contribution in [0.1, 0.15) is 24.1 Å². The highest BCUT2D eigenvalue weighted by molar-refractivity contribution is 6.31. The first-order chi connectivity index (χ1) is 11.0. The minimum atomic E-state index is -0.473. The van der Waals surface area contributed by atoms with Crippen LogP contribution in [-0.2, 0) is 4.79 Å². The van der Waals surface area contributed by atoms with Gasteiger partial charge in [0, 0.05) is 11.1 Å². The van der Waals surface area contributed by atoms with Crippen molar-refractivity contribution in [3.8, 4) is 5.75 Å². The molecule has 1 N–H and O–H groups in total. The lowest BCUT2D eigenvalue weighted by molar-refractivity contribution is -0.117. The van der Waals surface area contributed by atoms with E-state index in [9.17, 15) is 9.18 Å². The van der Waals surface area contributed by atoms with Crippen molar-refractivity contribution in [2.24, 2.45) is 0 Å². The molecule has 2 aromatic rings. The van der Waals surface area contributed by atoms with Gasteiger partial charge in [-0.1, -0.05) is 35.9 Å². The molecule has 0 saturated carbocycles. The van der Waals surface area contributed by atoms with E-state index in [1.165, 1.54) is 31.4 Å². The summed E-state index contributed by atoms with van der Waals surface area (Å²) in [6.07, 6.45) is 2.89. The molecule has 0 heterocycles. The van der Waals surface area contributed by atoms with Gasteiger partial charge < -0.3 is 10.1 Å². The highest BCUT2D eigenvalue weighted by Crippen LogP contribution is 2.22. The Morgan fingerprint density at radius 3 is 2.70 bits per heavy atom. The van der Waals surface area contributed by atoms with Gasteiger partial charge in [-0.05, 0) is 42.3 Å². The fourth-order valence-corrected chi connectivity index (χ4v) is 2.42. The summed E-state index contributed by atoms with van der Waals surface area (Å²) >= 11 is 6.10. The summed E-state index contributed by atoms with van der Waals surface area (Å²) in [5.74, 6) is -0.591. The molecule has 0 saturated heterocycles. The van der Waals surface area contributed by atoms with Gasteiger partial charge in [0.25, 0.3) is 0 Å². The molecule has 0 aliphatic heterocycles. The van der Waals surface area contributed by atoms with Crippen molar-refractivity contribution in [1.82, 2.24) is 5.32 Å². The molecule has 0 bridgehead atoms. The summed E-state index contributed by atoms with van der Waals surface area (Å²) in [7, 11) is 1.40. The summed E-state index contributed by atoms with van der Waals surface area (Å²) in [5.41, 5.74) is 1.41. The van der Waals surface area contributed by atoms with Gasteiger partial charge in [0.05, 0.1) is 13.2 Å². The molecule has 0 radical (unpaired) electrons. The van der Waals surface area contributed by atoms with Crippen molar-refractivity contribution in [1.29, 1.82) is 0 Å². The molecular formula is C18H17ClFNO2. The van der Waals surface area contributed by atoms with Gasteiger partial charge in [0.1, 0.15) is 0 Å². The Balaban J connectivity index is 2.02. The first kappa shape index (κ1) is 17.0. The van der Waals surface area contributed by atoms with E-state index in [1.807, 2.05) is 25.1 Å². The lowest BCUT2D eigenvalue weighted by atomic mass is 10.1. The Kier molecular flexibility index (Phi) is 5.77. The van der Waals surface area contributed by atoms with Gasteiger partial charge in [-0.25, -0.2) is 4.39 Å². The minimum absolute atomic E-state index is 0.166. The largest absolute Gasteiger partial charge is 0.494 e. The Morgan fingerprint density at radius 2 is 2.04 bits per heavy atom. The monoisotopic (exact) mass is 333 g/mol. The molecule has 1 amide bonds. The fourth-order valence-electron chi connectivity index (χ4n) is 2.12. The Morgan fingerprint density at radius 1 is 1.30 bits per heavy atom. The summed E-state index contributed by atoms with van der Waals surface area (Å²) in [6.45, 7) is 1.85. The number of ether oxygens (including phenoxy) is 1. The molecule has 0 aliphatic carbocycles. The second-order valence-corrected chi connectivity index (χ2v) is 5.39. The van der Waals surface area contributed by atoms with Gasteiger partial charge >= 0.3 is 0 Å². The molecule has 5 heteroatoms. The number of benzene rings is 2. The molecule has 0 aromatic heterocycles. The molecule has 120 valence electrons. The maximum Gasteiger partial charge on any atom is 0.244 e. The lowest BCUT2D eigenvalue weighted by Crippen LogP contribution is -2.24. The van der Waals surface area contributed by atoms with Crippen LogP contribution in [0.25, 0.3) is 6.08 Å². The lowest BCUT2D eigenvalue weighted by Gasteiger charge is -2.14. The fraction of sp³-hybridized carbons (Fsp3) is 0.167. The Hall–Kier alpha value is -2.33. The highest BCUT2D eigenvalue weighted by Gasteiger charge is 2.10. The van der Waals surface area contributed by atoms with E-state index in [2.05, 4.69) is 5.32 Å². The highest BCUT2D eigenvalue weighted by atomic mass is 35.5. The van der Waals surface area contributed by atoms with Crippen molar-refractivity contribution < 1.29 is 13.9 Å². The van der Waals surface area contributed by atoms with Gasteiger partial charge in [-0.2, -0.15) is 0 Å². The number of halogens is 2. The third kappa shape index (κ3) is 4.57. The van der Waals surface area contributed by atoms with E-state index in [0.29, 0.717) is 10.6 Å². The first-order valence-electron chi connectivity index (χ1n) is 7.08. The van der Waals surface area contributed by atoms with Crippen LogP contribution in [0.4, 0.5) is 4.39 Å². The van der Waals surface area contributed by atoms with E-state index in [0.717, 1.165) is 5.56 Å². The number of amides is 1. The van der Waals surface area contributed by atoms with Crippen LogP contribution in [-0.4, -0.2) is 13.0 Å². The van der Waals surface area contributed by atoms with Crippen molar-refractivity contribution in [2.45, 2.75) is 13.0 Å². The van der Waals surface area contributed by atoms with Crippen molar-refractivity contribution in [3.05, 3.63) is 70.5 Å². The maximum atomic E-state index is 13.6. The van der Waals surface area contributed by atoms with Gasteiger partial charge in [-0.3, -0.25) is 4.79 Å². The zero-order chi connectivity index (χ0) is 16.8. The molecule has 1 atom stereocenters. The van der Waals surface area contributed by atoms with Crippen LogP contribution in [0, 0.1) is 5.82 Å². The molecular weight excluding hydrogens is 317 g/mol. The molecule has 0 aliphatic rings. The average molecular weight is 334 g/mol. The number of carbonyl (C=O) groups excluding carboxylic acids is 1. The number of rotatable bonds is 5. The third-order valence-corrected chi connectivity index (χ3v) is 3.68. The van der Waals surface area contributed by atoms with Gasteiger partial charge in [0.15, 0.2) is 11.6 Å².